The van der Waals surface area contributed by atoms with E-state index in [1.807, 2.05) is 12.1 Å². The Hall–Kier alpha value is -4.91. The summed E-state index contributed by atoms with van der Waals surface area (Å²) in [6.07, 6.45) is -1.89. The number of alkyl halides is 3. The summed E-state index contributed by atoms with van der Waals surface area (Å²) >= 11 is 1.46. The van der Waals surface area contributed by atoms with E-state index in [1.54, 1.807) is 18.5 Å². The van der Waals surface area contributed by atoms with Crippen LogP contribution in [0.25, 0.3) is 21.1 Å². The summed E-state index contributed by atoms with van der Waals surface area (Å²) in [5, 5.41) is 3.14. The molecule has 224 valence electrons. The van der Waals surface area contributed by atoms with Crippen LogP contribution >= 0.6 is 11.3 Å². The van der Waals surface area contributed by atoms with Crippen LogP contribution < -0.4 is 15.6 Å². The van der Waals surface area contributed by atoms with Crippen LogP contribution in [0.3, 0.4) is 0 Å². The summed E-state index contributed by atoms with van der Waals surface area (Å²) in [4.78, 5) is 24.6. The Kier molecular flexibility index (Phi) is 7.72. The lowest BCUT2D eigenvalue weighted by Crippen LogP contribution is -2.15. The molecule has 3 heterocycles. The zero-order valence-electron chi connectivity index (χ0n) is 23.0. The smallest absolute Gasteiger partial charge is 0.421 e. The lowest BCUT2D eigenvalue weighted by molar-refractivity contribution is -0.138. The fourth-order valence-electron chi connectivity index (χ4n) is 4.86. The first-order valence-corrected chi connectivity index (χ1v) is 14.2. The molecule has 44 heavy (non-hydrogen) atoms. The van der Waals surface area contributed by atoms with Gasteiger partial charge in [0.1, 0.15) is 22.9 Å². The van der Waals surface area contributed by atoms with Gasteiger partial charge < -0.3 is 14.6 Å². The number of halogens is 5. The number of nitrogens with one attached hydrogen (secondary N) is 1. The van der Waals surface area contributed by atoms with E-state index in [0.717, 1.165) is 28.0 Å². The highest BCUT2D eigenvalue weighted by atomic mass is 32.1. The van der Waals surface area contributed by atoms with E-state index in [1.165, 1.54) is 52.7 Å². The summed E-state index contributed by atoms with van der Waals surface area (Å²) in [7, 11) is 0. The van der Waals surface area contributed by atoms with E-state index in [2.05, 4.69) is 20.3 Å². The number of hydrogen-bond donors (Lipinski definition) is 1. The predicted molar refractivity (Wildman–Crippen MR) is 157 cm³/mol. The van der Waals surface area contributed by atoms with Gasteiger partial charge in [0, 0.05) is 30.1 Å². The number of pyridine rings is 1. The minimum Gasteiger partial charge on any atom is -0.438 e. The number of nitrogens with zero attached hydrogens (tertiary/aromatic N) is 4. The van der Waals surface area contributed by atoms with Crippen LogP contribution in [0.5, 0.6) is 11.6 Å². The van der Waals surface area contributed by atoms with Crippen molar-refractivity contribution >= 4 is 38.1 Å². The molecule has 0 bridgehead atoms. The molecule has 0 unspecified atom stereocenters. The summed E-state index contributed by atoms with van der Waals surface area (Å²) in [5.74, 6) is -2.19. The van der Waals surface area contributed by atoms with Gasteiger partial charge in [-0.3, -0.25) is 4.79 Å². The van der Waals surface area contributed by atoms with Gasteiger partial charge in [-0.1, -0.05) is 6.92 Å². The Bertz CT molecular complexity index is 2080. The standard InChI is InChI=1S/C31H22F5N5O2S/c1-2-18-8-19(32)9-25(33)23(18)14-41-15-39-29(42)22-11-21(4-6-27(22)41)43-30-24(31(34,35)36)7-17(13-38-30)12-37-20-3-5-26-28(10-20)44-16-40-26/h3-11,13,15-16,37H,2,12,14H2,1H3. The van der Waals surface area contributed by atoms with Crippen LogP contribution in [-0.4, -0.2) is 19.5 Å². The monoisotopic (exact) mass is 623 g/mol. The molecule has 3 aromatic heterocycles. The Morgan fingerprint density at radius 1 is 1.00 bits per heavy atom. The number of aromatic nitrogens is 4. The van der Waals surface area contributed by atoms with E-state index >= 15 is 0 Å². The lowest BCUT2D eigenvalue weighted by atomic mass is 10.0. The number of ether oxygens (including phenoxy) is 1. The zero-order valence-corrected chi connectivity index (χ0v) is 23.8. The maximum absolute atomic E-state index is 14.7. The van der Waals surface area contributed by atoms with Crippen molar-refractivity contribution in [3.63, 3.8) is 0 Å². The molecular formula is C31H22F5N5O2S. The minimum absolute atomic E-state index is 0.0397. The number of fused-ring (bicyclic) bond motifs is 2. The molecule has 0 spiro atoms. The summed E-state index contributed by atoms with van der Waals surface area (Å²) in [5.41, 5.74) is 2.84. The van der Waals surface area contributed by atoms with Crippen molar-refractivity contribution in [2.45, 2.75) is 32.6 Å². The Labute approximate surface area is 250 Å². The van der Waals surface area contributed by atoms with Crippen LogP contribution in [0.15, 0.2) is 77.4 Å². The number of benzene rings is 3. The van der Waals surface area contributed by atoms with E-state index in [9.17, 15) is 26.7 Å². The summed E-state index contributed by atoms with van der Waals surface area (Å²) in [6, 6.07) is 12.6. The summed E-state index contributed by atoms with van der Waals surface area (Å²) in [6.45, 7) is 1.79. The van der Waals surface area contributed by atoms with Crippen molar-refractivity contribution in [1.29, 1.82) is 0 Å². The molecule has 0 amide bonds. The number of rotatable bonds is 8. The first-order chi connectivity index (χ1) is 21.1. The highest BCUT2D eigenvalue weighted by molar-refractivity contribution is 7.16. The number of hydrogen-bond acceptors (Lipinski definition) is 7. The van der Waals surface area contributed by atoms with Gasteiger partial charge in [-0.2, -0.15) is 18.2 Å². The first kappa shape index (κ1) is 29.2. The topological polar surface area (TPSA) is 81.9 Å². The Morgan fingerprint density at radius 3 is 2.64 bits per heavy atom. The normalized spacial score (nSPS) is 11.8. The Balaban J connectivity index is 1.27. The Morgan fingerprint density at radius 2 is 1.84 bits per heavy atom. The largest absolute Gasteiger partial charge is 0.438 e. The molecule has 1 N–H and O–H groups in total. The molecule has 7 nitrogen and oxygen atoms in total. The first-order valence-electron chi connectivity index (χ1n) is 13.4. The second-order valence-corrected chi connectivity index (χ2v) is 10.8. The van der Waals surface area contributed by atoms with E-state index in [4.69, 9.17) is 4.74 Å². The van der Waals surface area contributed by atoms with Crippen molar-refractivity contribution < 1.29 is 26.7 Å². The predicted octanol–water partition coefficient (Wildman–Crippen LogP) is 7.71. The maximum Gasteiger partial charge on any atom is 0.421 e. The molecular weight excluding hydrogens is 601 g/mol. The highest BCUT2D eigenvalue weighted by Crippen LogP contribution is 2.38. The van der Waals surface area contributed by atoms with Gasteiger partial charge in [-0.15, -0.1) is 11.3 Å². The summed E-state index contributed by atoms with van der Waals surface area (Å²) < 4.78 is 78.6. The van der Waals surface area contributed by atoms with Gasteiger partial charge in [0.05, 0.1) is 39.5 Å². The third-order valence-electron chi connectivity index (χ3n) is 7.04. The zero-order chi connectivity index (χ0) is 31.0. The quantitative estimate of drug-likeness (QED) is 0.175. The van der Waals surface area contributed by atoms with E-state index in [-0.39, 0.29) is 35.4 Å². The van der Waals surface area contributed by atoms with Crippen LogP contribution in [-0.2, 0) is 25.7 Å². The minimum atomic E-state index is -4.78. The van der Waals surface area contributed by atoms with Crippen LogP contribution in [0.1, 0.15) is 29.2 Å². The second kappa shape index (κ2) is 11.6. The highest BCUT2D eigenvalue weighted by Gasteiger charge is 2.36. The fraction of sp³-hybridized carbons (Fsp3) is 0.161. The average Bonchev–Trinajstić information content (AvgIpc) is 3.46. The molecule has 0 saturated carbocycles. The second-order valence-electron chi connectivity index (χ2n) is 9.92. The average molecular weight is 624 g/mol. The molecule has 13 heteroatoms. The molecule has 0 aliphatic carbocycles. The number of aryl methyl sites for hydroxylation is 1. The molecule has 3 aromatic carbocycles. The third-order valence-corrected chi connectivity index (χ3v) is 7.83. The lowest BCUT2D eigenvalue weighted by Gasteiger charge is -2.16. The van der Waals surface area contributed by atoms with Crippen LogP contribution in [0, 0.1) is 11.6 Å². The van der Waals surface area contributed by atoms with Crippen molar-refractivity contribution in [1.82, 2.24) is 19.5 Å². The van der Waals surface area contributed by atoms with Crippen LogP contribution in [0.4, 0.5) is 27.6 Å². The van der Waals surface area contributed by atoms with Crippen molar-refractivity contribution in [3.8, 4) is 11.6 Å². The van der Waals surface area contributed by atoms with Crippen molar-refractivity contribution in [3.05, 3.63) is 117 Å². The molecule has 0 radical (unpaired) electrons. The third kappa shape index (κ3) is 5.95. The van der Waals surface area contributed by atoms with Gasteiger partial charge in [0.2, 0.25) is 5.88 Å². The van der Waals surface area contributed by atoms with E-state index in [0.29, 0.717) is 17.5 Å². The van der Waals surface area contributed by atoms with Gasteiger partial charge in [-0.05, 0) is 66.1 Å². The molecule has 0 aliphatic rings. The molecule has 0 fully saturated rings. The SMILES string of the molecule is CCc1cc(F)cc(F)c1Cn1cnc(=O)c2cc(Oc3ncc(CNc4ccc5ncsc5c4)cc3C(F)(F)F)ccc21. The maximum atomic E-state index is 14.7. The van der Waals surface area contributed by atoms with Gasteiger partial charge in [0.25, 0.3) is 5.56 Å². The molecule has 0 saturated heterocycles. The molecule has 6 rings (SSSR count). The van der Waals surface area contributed by atoms with Crippen molar-refractivity contribution in [2.24, 2.45) is 0 Å². The fourth-order valence-corrected chi connectivity index (χ4v) is 5.57. The van der Waals surface area contributed by atoms with Crippen molar-refractivity contribution in [2.75, 3.05) is 5.32 Å². The molecule has 6 aromatic rings. The molecule has 0 aliphatic heterocycles. The number of anilines is 1. The number of thiazole rings is 1. The van der Waals surface area contributed by atoms with Gasteiger partial charge in [0.15, 0.2) is 0 Å². The van der Waals surface area contributed by atoms with Gasteiger partial charge >= 0.3 is 6.18 Å². The van der Waals surface area contributed by atoms with E-state index < -0.39 is 34.8 Å². The van der Waals surface area contributed by atoms with Gasteiger partial charge in [-0.25, -0.2) is 18.7 Å². The molecule has 0 atom stereocenters. The van der Waals surface area contributed by atoms with Crippen LogP contribution in [0.2, 0.25) is 0 Å².